The number of aromatic carboxylic acids is 1. The quantitative estimate of drug-likeness (QED) is 0.645. The Bertz CT molecular complexity index is 344. The van der Waals surface area contributed by atoms with E-state index >= 15 is 0 Å². The molecule has 1 aromatic carbocycles. The lowest BCUT2D eigenvalue weighted by atomic mass is 10.0. The van der Waals surface area contributed by atoms with Gasteiger partial charge in [0.15, 0.2) is 0 Å². The second kappa shape index (κ2) is 3.35. The van der Waals surface area contributed by atoms with Crippen LogP contribution in [0.5, 0.6) is 11.5 Å². The molecule has 70 valence electrons. The van der Waals surface area contributed by atoms with Gasteiger partial charge in [-0.05, 0) is 12.5 Å². The van der Waals surface area contributed by atoms with Gasteiger partial charge in [-0.2, -0.15) is 0 Å². The normalized spacial score (nSPS) is 9.92. The van der Waals surface area contributed by atoms with Crippen LogP contribution < -0.4 is 0 Å². The maximum atomic E-state index is 10.7. The zero-order chi connectivity index (χ0) is 10.0. The lowest BCUT2D eigenvalue weighted by Gasteiger charge is -2.06. The molecule has 0 saturated carbocycles. The Labute approximate surface area is 75.1 Å². The number of hydrogen-bond donors (Lipinski definition) is 3. The number of rotatable bonds is 2. The third kappa shape index (κ3) is 1.72. The van der Waals surface area contributed by atoms with E-state index in [1.165, 1.54) is 0 Å². The van der Waals surface area contributed by atoms with Crippen molar-refractivity contribution in [3.63, 3.8) is 0 Å². The fourth-order valence-corrected chi connectivity index (χ4v) is 1.20. The summed E-state index contributed by atoms with van der Waals surface area (Å²) in [4.78, 5) is 10.7. The van der Waals surface area contributed by atoms with Crippen molar-refractivity contribution in [2.75, 3.05) is 0 Å². The maximum Gasteiger partial charge on any atom is 0.336 e. The number of hydrogen-bond acceptors (Lipinski definition) is 3. The van der Waals surface area contributed by atoms with Crippen molar-refractivity contribution in [2.45, 2.75) is 13.3 Å². The predicted molar refractivity (Wildman–Crippen MR) is 46.1 cm³/mol. The molecule has 0 bridgehead atoms. The molecule has 0 radical (unpaired) electrons. The second-order valence-electron chi connectivity index (χ2n) is 2.65. The van der Waals surface area contributed by atoms with E-state index in [-0.39, 0.29) is 17.1 Å². The van der Waals surface area contributed by atoms with Gasteiger partial charge in [0.1, 0.15) is 11.5 Å². The Balaban J connectivity index is 3.38. The van der Waals surface area contributed by atoms with E-state index < -0.39 is 5.97 Å². The van der Waals surface area contributed by atoms with Crippen molar-refractivity contribution in [1.82, 2.24) is 0 Å². The molecule has 13 heavy (non-hydrogen) atoms. The molecular weight excluding hydrogens is 172 g/mol. The van der Waals surface area contributed by atoms with E-state index in [1.54, 1.807) is 6.92 Å². The van der Waals surface area contributed by atoms with Crippen molar-refractivity contribution in [3.8, 4) is 11.5 Å². The van der Waals surface area contributed by atoms with Gasteiger partial charge in [0.2, 0.25) is 0 Å². The highest BCUT2D eigenvalue weighted by Gasteiger charge is 2.13. The highest BCUT2D eigenvalue weighted by atomic mass is 16.4. The summed E-state index contributed by atoms with van der Waals surface area (Å²) in [6, 6.07) is 2.26. The van der Waals surface area contributed by atoms with Crippen LogP contribution in [0.1, 0.15) is 22.8 Å². The van der Waals surface area contributed by atoms with Gasteiger partial charge in [-0.15, -0.1) is 0 Å². The minimum Gasteiger partial charge on any atom is -0.508 e. The molecule has 0 aliphatic rings. The lowest BCUT2D eigenvalue weighted by Crippen LogP contribution is -2.01. The molecule has 0 aliphatic heterocycles. The first kappa shape index (κ1) is 9.38. The highest BCUT2D eigenvalue weighted by molar-refractivity contribution is 5.90. The second-order valence-corrected chi connectivity index (χ2v) is 2.65. The van der Waals surface area contributed by atoms with Gasteiger partial charge in [-0.1, -0.05) is 6.92 Å². The van der Waals surface area contributed by atoms with Gasteiger partial charge in [0.25, 0.3) is 0 Å². The summed E-state index contributed by atoms with van der Waals surface area (Å²) < 4.78 is 0. The van der Waals surface area contributed by atoms with Crippen LogP contribution in [-0.2, 0) is 6.42 Å². The van der Waals surface area contributed by atoms with Gasteiger partial charge in [0.05, 0.1) is 5.56 Å². The maximum absolute atomic E-state index is 10.7. The van der Waals surface area contributed by atoms with E-state index in [2.05, 4.69) is 0 Å². The van der Waals surface area contributed by atoms with Crippen LogP contribution in [-0.4, -0.2) is 21.3 Å². The summed E-state index contributed by atoms with van der Waals surface area (Å²) in [5.41, 5.74) is 0.283. The molecule has 0 fully saturated rings. The Kier molecular flexibility index (Phi) is 2.41. The summed E-state index contributed by atoms with van der Waals surface area (Å²) >= 11 is 0. The Morgan fingerprint density at radius 2 is 2.00 bits per heavy atom. The van der Waals surface area contributed by atoms with Gasteiger partial charge < -0.3 is 15.3 Å². The number of aromatic hydroxyl groups is 2. The van der Waals surface area contributed by atoms with Gasteiger partial charge >= 0.3 is 5.97 Å². The molecule has 0 amide bonds. The van der Waals surface area contributed by atoms with Crippen molar-refractivity contribution >= 4 is 5.97 Å². The number of phenols is 2. The van der Waals surface area contributed by atoms with Crippen molar-refractivity contribution in [3.05, 3.63) is 23.3 Å². The number of benzene rings is 1. The molecule has 3 N–H and O–H groups in total. The van der Waals surface area contributed by atoms with Gasteiger partial charge in [-0.25, -0.2) is 4.79 Å². The molecule has 1 aromatic rings. The van der Waals surface area contributed by atoms with Crippen LogP contribution in [0.4, 0.5) is 0 Å². The molecule has 4 heteroatoms. The number of phenolic OH excluding ortho intramolecular Hbond substituents is 2. The van der Waals surface area contributed by atoms with Crippen LogP contribution in [0.3, 0.4) is 0 Å². The van der Waals surface area contributed by atoms with Crippen molar-refractivity contribution in [2.24, 2.45) is 0 Å². The summed E-state index contributed by atoms with van der Waals surface area (Å²) in [6.45, 7) is 1.73. The SMILES string of the molecule is CCc1c(O)cc(O)cc1C(=O)O. The standard InChI is InChI=1S/C9H10O4/c1-2-6-7(9(12)13)3-5(10)4-8(6)11/h3-4,10-11H,2H2,1H3,(H,12,13). The third-order valence-electron chi connectivity index (χ3n) is 1.80. The van der Waals surface area contributed by atoms with Crippen LogP contribution in [0.15, 0.2) is 12.1 Å². The molecular formula is C9H10O4. The monoisotopic (exact) mass is 182 g/mol. The zero-order valence-corrected chi connectivity index (χ0v) is 7.11. The van der Waals surface area contributed by atoms with E-state index in [0.29, 0.717) is 12.0 Å². The van der Waals surface area contributed by atoms with Crippen LogP contribution in [0.2, 0.25) is 0 Å². The van der Waals surface area contributed by atoms with Gasteiger partial charge in [-0.3, -0.25) is 0 Å². The fourth-order valence-electron chi connectivity index (χ4n) is 1.20. The first-order valence-corrected chi connectivity index (χ1v) is 3.84. The summed E-state index contributed by atoms with van der Waals surface area (Å²) in [7, 11) is 0. The van der Waals surface area contributed by atoms with E-state index in [9.17, 15) is 9.90 Å². The van der Waals surface area contributed by atoms with Crippen LogP contribution >= 0.6 is 0 Å². The highest BCUT2D eigenvalue weighted by Crippen LogP contribution is 2.27. The molecule has 0 saturated heterocycles. The summed E-state index contributed by atoms with van der Waals surface area (Å²) in [5.74, 6) is -1.57. The zero-order valence-electron chi connectivity index (χ0n) is 7.11. The third-order valence-corrected chi connectivity index (χ3v) is 1.80. The summed E-state index contributed by atoms with van der Waals surface area (Å²) in [6.07, 6.45) is 0.410. The molecule has 1 rings (SSSR count). The smallest absolute Gasteiger partial charge is 0.336 e. The molecule has 0 aromatic heterocycles. The van der Waals surface area contributed by atoms with E-state index in [1.807, 2.05) is 0 Å². The Hall–Kier alpha value is -1.71. The Morgan fingerprint density at radius 1 is 1.38 bits per heavy atom. The minimum atomic E-state index is -1.15. The van der Waals surface area contributed by atoms with Gasteiger partial charge in [0, 0.05) is 11.6 Å². The lowest BCUT2D eigenvalue weighted by molar-refractivity contribution is 0.0694. The van der Waals surface area contributed by atoms with Crippen molar-refractivity contribution < 1.29 is 20.1 Å². The molecule has 4 nitrogen and oxygen atoms in total. The first-order chi connectivity index (χ1) is 6.06. The first-order valence-electron chi connectivity index (χ1n) is 3.84. The predicted octanol–water partition coefficient (Wildman–Crippen LogP) is 1.36. The number of carbonyl (C=O) groups is 1. The molecule has 0 spiro atoms. The van der Waals surface area contributed by atoms with Crippen LogP contribution in [0, 0.1) is 0 Å². The van der Waals surface area contributed by atoms with Crippen molar-refractivity contribution in [1.29, 1.82) is 0 Å². The summed E-state index contributed by atoms with van der Waals surface area (Å²) in [5, 5.41) is 27.1. The topological polar surface area (TPSA) is 77.8 Å². The average molecular weight is 182 g/mol. The molecule has 0 heterocycles. The minimum absolute atomic E-state index is 0.0556. The van der Waals surface area contributed by atoms with E-state index in [0.717, 1.165) is 12.1 Å². The van der Waals surface area contributed by atoms with Crippen LogP contribution in [0.25, 0.3) is 0 Å². The Morgan fingerprint density at radius 3 is 2.46 bits per heavy atom. The fraction of sp³-hybridized carbons (Fsp3) is 0.222. The van der Waals surface area contributed by atoms with E-state index in [4.69, 9.17) is 10.2 Å². The molecule has 0 aliphatic carbocycles. The number of carboxylic acids is 1. The molecule has 0 atom stereocenters. The molecule has 0 unspecified atom stereocenters. The largest absolute Gasteiger partial charge is 0.508 e. The average Bonchev–Trinajstić information content (AvgIpc) is 2.02. The number of carboxylic acid groups (broad SMARTS) is 1.